The number of alkyl halides is 2. The average Bonchev–Trinajstić information content (AvgIpc) is 2.94. The molecule has 0 fully saturated rings. The smallest absolute Gasteiger partial charge is 0.0408 e. The number of benzene rings is 1. The van der Waals surface area contributed by atoms with Crippen LogP contribution in [-0.2, 0) is 11.8 Å². The van der Waals surface area contributed by atoms with Gasteiger partial charge in [0, 0.05) is 27.1 Å². The molecule has 1 heterocycles. The molecule has 0 amide bonds. The first-order chi connectivity index (χ1) is 9.20. The first kappa shape index (κ1) is 15.2. The summed E-state index contributed by atoms with van der Waals surface area (Å²) in [6.45, 7) is 0. The standard InChI is InChI=1S/C15H15Cl3S/c16-10-15(11-17,7-6-14-5-2-8-19-14)12-3-1-4-13(18)9-12/h1-5,8-9H,6-7,10-11H2. The second-order valence-electron chi connectivity index (χ2n) is 4.64. The van der Waals surface area contributed by atoms with Gasteiger partial charge < -0.3 is 0 Å². The molecule has 0 nitrogen and oxygen atoms in total. The van der Waals surface area contributed by atoms with Crippen LogP contribution in [0.4, 0.5) is 0 Å². The van der Waals surface area contributed by atoms with Gasteiger partial charge in [-0.15, -0.1) is 34.5 Å². The lowest BCUT2D eigenvalue weighted by molar-refractivity contribution is 0.494. The van der Waals surface area contributed by atoms with E-state index in [0.29, 0.717) is 11.8 Å². The highest BCUT2D eigenvalue weighted by atomic mass is 35.5. The van der Waals surface area contributed by atoms with Crippen molar-refractivity contribution in [1.29, 1.82) is 0 Å². The molecule has 0 saturated heterocycles. The van der Waals surface area contributed by atoms with E-state index < -0.39 is 0 Å². The van der Waals surface area contributed by atoms with Crippen LogP contribution in [0.2, 0.25) is 5.02 Å². The molecule has 0 aliphatic heterocycles. The Morgan fingerprint density at radius 3 is 2.42 bits per heavy atom. The van der Waals surface area contributed by atoms with Gasteiger partial charge in [0.2, 0.25) is 0 Å². The lowest BCUT2D eigenvalue weighted by Crippen LogP contribution is -2.31. The Hall–Kier alpha value is -0.210. The number of thiophene rings is 1. The van der Waals surface area contributed by atoms with Crippen molar-refractivity contribution in [3.05, 3.63) is 57.2 Å². The molecule has 4 heteroatoms. The van der Waals surface area contributed by atoms with Crippen LogP contribution in [0.15, 0.2) is 41.8 Å². The Labute approximate surface area is 133 Å². The zero-order valence-electron chi connectivity index (χ0n) is 10.4. The Balaban J connectivity index is 2.21. The highest BCUT2D eigenvalue weighted by Gasteiger charge is 2.30. The van der Waals surface area contributed by atoms with Gasteiger partial charge in [-0.2, -0.15) is 0 Å². The molecule has 0 atom stereocenters. The van der Waals surface area contributed by atoms with Gasteiger partial charge in [0.05, 0.1) is 0 Å². The van der Waals surface area contributed by atoms with E-state index in [0.717, 1.165) is 23.4 Å². The predicted molar refractivity (Wildman–Crippen MR) is 87.2 cm³/mol. The summed E-state index contributed by atoms with van der Waals surface area (Å²) in [5.74, 6) is 1.00. The van der Waals surface area contributed by atoms with E-state index in [1.165, 1.54) is 4.88 Å². The van der Waals surface area contributed by atoms with Crippen molar-refractivity contribution in [2.75, 3.05) is 11.8 Å². The summed E-state index contributed by atoms with van der Waals surface area (Å²) in [5, 5.41) is 2.82. The SMILES string of the molecule is ClCC(CCl)(CCc1cccs1)c1cccc(Cl)c1. The number of halogens is 3. The molecule has 2 rings (SSSR count). The van der Waals surface area contributed by atoms with E-state index in [9.17, 15) is 0 Å². The third kappa shape index (κ3) is 3.66. The van der Waals surface area contributed by atoms with Gasteiger partial charge in [0.15, 0.2) is 0 Å². The van der Waals surface area contributed by atoms with Crippen LogP contribution in [0.25, 0.3) is 0 Å². The van der Waals surface area contributed by atoms with E-state index >= 15 is 0 Å². The number of hydrogen-bond acceptors (Lipinski definition) is 1. The maximum Gasteiger partial charge on any atom is 0.0408 e. The van der Waals surface area contributed by atoms with Crippen LogP contribution in [-0.4, -0.2) is 11.8 Å². The van der Waals surface area contributed by atoms with Crippen LogP contribution in [0.5, 0.6) is 0 Å². The van der Waals surface area contributed by atoms with Gasteiger partial charge in [0.25, 0.3) is 0 Å². The summed E-state index contributed by atoms with van der Waals surface area (Å²) in [6, 6.07) is 12.1. The highest BCUT2D eigenvalue weighted by molar-refractivity contribution is 7.09. The molecule has 0 saturated carbocycles. The van der Waals surface area contributed by atoms with E-state index in [1.807, 2.05) is 18.2 Å². The molecular weight excluding hydrogens is 319 g/mol. The van der Waals surface area contributed by atoms with Crippen molar-refractivity contribution in [3.63, 3.8) is 0 Å². The Kier molecular flexibility index (Phi) is 5.58. The van der Waals surface area contributed by atoms with E-state index in [-0.39, 0.29) is 5.41 Å². The first-order valence-electron chi connectivity index (χ1n) is 6.10. The topological polar surface area (TPSA) is 0 Å². The fourth-order valence-corrected chi connectivity index (χ4v) is 3.86. The van der Waals surface area contributed by atoms with Gasteiger partial charge in [0.1, 0.15) is 0 Å². The fourth-order valence-electron chi connectivity index (χ4n) is 2.10. The van der Waals surface area contributed by atoms with Crippen LogP contribution in [0.3, 0.4) is 0 Å². The summed E-state index contributed by atoms with van der Waals surface area (Å²) in [6.07, 6.45) is 1.92. The summed E-state index contributed by atoms with van der Waals surface area (Å²) in [7, 11) is 0. The molecule has 2 aromatic rings. The average molecular weight is 334 g/mol. The molecule has 0 unspecified atom stereocenters. The zero-order chi connectivity index (χ0) is 13.7. The van der Waals surface area contributed by atoms with Crippen molar-refractivity contribution in [2.45, 2.75) is 18.3 Å². The lowest BCUT2D eigenvalue weighted by atomic mass is 9.80. The molecule has 1 aromatic carbocycles. The Bertz CT molecular complexity index is 504. The minimum atomic E-state index is -0.210. The maximum absolute atomic E-state index is 6.23. The third-order valence-electron chi connectivity index (χ3n) is 3.38. The summed E-state index contributed by atoms with van der Waals surface area (Å²) in [5.41, 5.74) is 0.916. The Morgan fingerprint density at radius 2 is 1.84 bits per heavy atom. The zero-order valence-corrected chi connectivity index (χ0v) is 13.5. The van der Waals surface area contributed by atoms with Crippen molar-refractivity contribution >= 4 is 46.1 Å². The van der Waals surface area contributed by atoms with Gasteiger partial charge in [-0.05, 0) is 42.0 Å². The molecule has 102 valence electrons. The molecule has 0 spiro atoms. The van der Waals surface area contributed by atoms with Crippen molar-refractivity contribution in [3.8, 4) is 0 Å². The van der Waals surface area contributed by atoms with Gasteiger partial charge in [-0.1, -0.05) is 29.8 Å². The second kappa shape index (κ2) is 6.99. The minimum Gasteiger partial charge on any atom is -0.149 e. The fraction of sp³-hybridized carbons (Fsp3) is 0.333. The van der Waals surface area contributed by atoms with Crippen molar-refractivity contribution in [1.82, 2.24) is 0 Å². The molecule has 0 radical (unpaired) electrons. The van der Waals surface area contributed by atoms with Gasteiger partial charge >= 0.3 is 0 Å². The number of aryl methyl sites for hydroxylation is 1. The molecule has 0 N–H and O–H groups in total. The monoisotopic (exact) mass is 332 g/mol. The van der Waals surface area contributed by atoms with Crippen LogP contribution < -0.4 is 0 Å². The van der Waals surface area contributed by atoms with Crippen LogP contribution in [0.1, 0.15) is 16.9 Å². The van der Waals surface area contributed by atoms with E-state index in [2.05, 4.69) is 23.6 Å². The Morgan fingerprint density at radius 1 is 1.05 bits per heavy atom. The predicted octanol–water partition coefficient (Wildman–Crippen LogP) is 5.75. The molecule has 0 aliphatic rings. The number of rotatable bonds is 6. The third-order valence-corrected chi connectivity index (χ3v) is 5.57. The minimum absolute atomic E-state index is 0.210. The van der Waals surface area contributed by atoms with Crippen LogP contribution in [0, 0.1) is 0 Å². The molecule has 1 aromatic heterocycles. The van der Waals surface area contributed by atoms with Gasteiger partial charge in [-0.3, -0.25) is 0 Å². The summed E-state index contributed by atoms with van der Waals surface area (Å²) < 4.78 is 0. The van der Waals surface area contributed by atoms with Gasteiger partial charge in [-0.25, -0.2) is 0 Å². The molecule has 0 aliphatic carbocycles. The molecule has 19 heavy (non-hydrogen) atoms. The largest absolute Gasteiger partial charge is 0.149 e. The highest BCUT2D eigenvalue weighted by Crippen LogP contribution is 2.34. The van der Waals surface area contributed by atoms with E-state index in [4.69, 9.17) is 34.8 Å². The molecular formula is C15H15Cl3S. The second-order valence-corrected chi connectivity index (χ2v) is 6.64. The van der Waals surface area contributed by atoms with E-state index in [1.54, 1.807) is 11.3 Å². The molecule has 0 bridgehead atoms. The summed E-state index contributed by atoms with van der Waals surface area (Å²) >= 11 is 20.3. The number of hydrogen-bond donors (Lipinski definition) is 0. The van der Waals surface area contributed by atoms with Crippen molar-refractivity contribution in [2.24, 2.45) is 0 Å². The summed E-state index contributed by atoms with van der Waals surface area (Å²) in [4.78, 5) is 1.36. The van der Waals surface area contributed by atoms with Crippen molar-refractivity contribution < 1.29 is 0 Å². The quantitative estimate of drug-likeness (QED) is 0.590. The first-order valence-corrected chi connectivity index (χ1v) is 8.43. The normalized spacial score (nSPS) is 11.7. The van der Waals surface area contributed by atoms with Crippen LogP contribution >= 0.6 is 46.1 Å². The lowest BCUT2D eigenvalue weighted by Gasteiger charge is -2.30. The maximum atomic E-state index is 6.23.